The molecule has 0 aromatic carbocycles. The normalized spacial score (nSPS) is 27.1. The standard InChI is InChI=1S/C10H11N3O5/c1-11-6-3-13(10(17)12-8(6)16)9-7(15)2-5(4-14)18-9/h3,5,7,9,14-15H,2,4H2,(H,12,16,17)/t5-,7?,9+/m0/s1. The molecule has 0 radical (unpaired) electrons. The molecule has 0 bridgehead atoms. The van der Waals surface area contributed by atoms with Crippen molar-refractivity contribution in [2.24, 2.45) is 0 Å². The van der Waals surface area contributed by atoms with Gasteiger partial charge >= 0.3 is 5.69 Å². The number of hydrogen-bond acceptors (Lipinski definition) is 5. The van der Waals surface area contributed by atoms with E-state index >= 15 is 0 Å². The van der Waals surface area contributed by atoms with Crippen LogP contribution in [0, 0.1) is 6.57 Å². The predicted molar refractivity (Wildman–Crippen MR) is 59.2 cm³/mol. The molecular formula is C10H11N3O5. The molecule has 0 spiro atoms. The minimum Gasteiger partial charge on any atom is -0.394 e. The number of aliphatic hydroxyl groups is 2. The number of aromatic amines is 1. The number of nitrogens with zero attached hydrogens (tertiary/aromatic N) is 2. The first kappa shape index (κ1) is 12.5. The summed E-state index contributed by atoms with van der Waals surface area (Å²) in [7, 11) is 0. The molecule has 8 nitrogen and oxygen atoms in total. The molecule has 2 rings (SSSR count). The molecule has 1 fully saturated rings. The molecule has 18 heavy (non-hydrogen) atoms. The Labute approximate surface area is 101 Å². The van der Waals surface area contributed by atoms with Crippen molar-refractivity contribution in [2.45, 2.75) is 24.9 Å². The van der Waals surface area contributed by atoms with Crippen molar-refractivity contribution < 1.29 is 14.9 Å². The van der Waals surface area contributed by atoms with Crippen LogP contribution in [-0.2, 0) is 4.74 Å². The van der Waals surface area contributed by atoms with Crippen molar-refractivity contribution in [3.8, 4) is 0 Å². The SMILES string of the molecule is [C-]#[N+]c1cn([C@@H]2O[C@H](CO)CC2O)c(=O)[nH]c1=O. The molecule has 1 aliphatic rings. The fourth-order valence-corrected chi connectivity index (χ4v) is 1.84. The van der Waals surface area contributed by atoms with Crippen LogP contribution in [0.1, 0.15) is 12.6 Å². The van der Waals surface area contributed by atoms with E-state index in [9.17, 15) is 14.7 Å². The van der Waals surface area contributed by atoms with Gasteiger partial charge in [-0.15, -0.1) is 0 Å². The highest BCUT2D eigenvalue weighted by Gasteiger charge is 2.35. The van der Waals surface area contributed by atoms with Gasteiger partial charge in [-0.2, -0.15) is 0 Å². The zero-order chi connectivity index (χ0) is 13.3. The van der Waals surface area contributed by atoms with Gasteiger partial charge in [0.15, 0.2) is 6.23 Å². The number of ether oxygens (including phenoxy) is 1. The molecule has 96 valence electrons. The maximum atomic E-state index is 11.6. The third-order valence-corrected chi connectivity index (χ3v) is 2.71. The molecule has 2 heterocycles. The average molecular weight is 253 g/mol. The van der Waals surface area contributed by atoms with Crippen molar-refractivity contribution in [3.63, 3.8) is 0 Å². The Balaban J connectivity index is 2.43. The van der Waals surface area contributed by atoms with E-state index in [1.807, 2.05) is 4.98 Å². The summed E-state index contributed by atoms with van der Waals surface area (Å²) in [4.78, 5) is 27.7. The van der Waals surface area contributed by atoms with Crippen LogP contribution in [0.15, 0.2) is 15.8 Å². The van der Waals surface area contributed by atoms with Gasteiger partial charge in [-0.3, -0.25) is 14.3 Å². The van der Waals surface area contributed by atoms with Gasteiger partial charge in [0.05, 0.1) is 19.3 Å². The van der Waals surface area contributed by atoms with Crippen molar-refractivity contribution in [1.29, 1.82) is 0 Å². The fraction of sp³-hybridized carbons (Fsp3) is 0.500. The number of H-pyrrole nitrogens is 1. The van der Waals surface area contributed by atoms with E-state index in [1.165, 1.54) is 0 Å². The van der Waals surface area contributed by atoms with Gasteiger partial charge in [0.1, 0.15) is 6.10 Å². The number of aliphatic hydroxyl groups excluding tert-OH is 2. The van der Waals surface area contributed by atoms with E-state index < -0.39 is 29.7 Å². The summed E-state index contributed by atoms with van der Waals surface area (Å²) in [5.74, 6) is 0. The maximum Gasteiger partial charge on any atom is 0.328 e. The second-order valence-corrected chi connectivity index (χ2v) is 3.93. The largest absolute Gasteiger partial charge is 0.394 e. The van der Waals surface area contributed by atoms with Gasteiger partial charge in [-0.25, -0.2) is 9.64 Å². The van der Waals surface area contributed by atoms with Crippen LogP contribution >= 0.6 is 0 Å². The lowest BCUT2D eigenvalue weighted by Crippen LogP contribution is -2.35. The molecule has 1 aromatic rings. The first-order chi connectivity index (χ1) is 8.56. The van der Waals surface area contributed by atoms with E-state index in [2.05, 4.69) is 4.85 Å². The van der Waals surface area contributed by atoms with Crippen LogP contribution in [0.4, 0.5) is 5.69 Å². The molecule has 0 aliphatic carbocycles. The third kappa shape index (κ3) is 2.06. The number of hydrogen-bond donors (Lipinski definition) is 3. The molecule has 0 amide bonds. The van der Waals surface area contributed by atoms with Crippen LogP contribution in [0.2, 0.25) is 0 Å². The first-order valence-corrected chi connectivity index (χ1v) is 5.24. The Bertz CT molecular complexity index is 599. The minimum atomic E-state index is -1.01. The Morgan fingerprint density at radius 1 is 1.61 bits per heavy atom. The van der Waals surface area contributed by atoms with Crippen LogP contribution < -0.4 is 11.2 Å². The molecule has 3 N–H and O–H groups in total. The van der Waals surface area contributed by atoms with Crippen molar-refractivity contribution >= 4 is 5.69 Å². The third-order valence-electron chi connectivity index (χ3n) is 2.71. The smallest absolute Gasteiger partial charge is 0.328 e. The van der Waals surface area contributed by atoms with E-state index in [0.717, 1.165) is 10.8 Å². The molecule has 1 unspecified atom stereocenters. The first-order valence-electron chi connectivity index (χ1n) is 5.24. The molecule has 3 atom stereocenters. The second kappa shape index (κ2) is 4.73. The van der Waals surface area contributed by atoms with Crippen molar-refractivity contribution in [1.82, 2.24) is 9.55 Å². The van der Waals surface area contributed by atoms with Crippen LogP contribution in [0.25, 0.3) is 4.85 Å². The highest BCUT2D eigenvalue weighted by atomic mass is 16.5. The quantitative estimate of drug-likeness (QED) is 0.569. The van der Waals surface area contributed by atoms with E-state index in [-0.39, 0.29) is 18.7 Å². The monoisotopic (exact) mass is 253 g/mol. The lowest BCUT2D eigenvalue weighted by atomic mass is 10.2. The maximum absolute atomic E-state index is 11.6. The highest BCUT2D eigenvalue weighted by Crippen LogP contribution is 2.27. The van der Waals surface area contributed by atoms with Gasteiger partial charge in [0.25, 0.3) is 11.2 Å². The number of rotatable bonds is 2. The highest BCUT2D eigenvalue weighted by molar-refractivity contribution is 5.38. The lowest BCUT2D eigenvalue weighted by molar-refractivity contribution is -0.0529. The van der Waals surface area contributed by atoms with Gasteiger partial charge in [0, 0.05) is 12.6 Å². The summed E-state index contributed by atoms with van der Waals surface area (Å²) in [5, 5.41) is 18.7. The molecule has 8 heteroatoms. The summed E-state index contributed by atoms with van der Waals surface area (Å²) in [5.41, 5.74) is -1.81. The summed E-state index contributed by atoms with van der Waals surface area (Å²) in [6.45, 7) is 6.52. The average Bonchev–Trinajstić information content (AvgIpc) is 2.71. The van der Waals surface area contributed by atoms with Gasteiger partial charge in [0.2, 0.25) is 0 Å². The van der Waals surface area contributed by atoms with Crippen molar-refractivity contribution in [3.05, 3.63) is 38.5 Å². The predicted octanol–water partition coefficient (Wildman–Crippen LogP) is -1.27. The number of aromatic nitrogens is 2. The van der Waals surface area contributed by atoms with E-state index in [1.54, 1.807) is 0 Å². The summed E-state index contributed by atoms with van der Waals surface area (Å²) in [6, 6.07) is 0. The molecule has 1 aromatic heterocycles. The fourth-order valence-electron chi connectivity index (χ4n) is 1.84. The van der Waals surface area contributed by atoms with E-state index in [0.29, 0.717) is 0 Å². The van der Waals surface area contributed by atoms with Crippen LogP contribution in [-0.4, -0.2) is 38.6 Å². The zero-order valence-electron chi connectivity index (χ0n) is 9.24. The van der Waals surface area contributed by atoms with E-state index in [4.69, 9.17) is 16.4 Å². The minimum absolute atomic E-state index is 0.181. The summed E-state index contributed by atoms with van der Waals surface area (Å²) >= 11 is 0. The molecule has 1 aliphatic heterocycles. The van der Waals surface area contributed by atoms with Crippen LogP contribution in [0.3, 0.4) is 0 Å². The topological polar surface area (TPSA) is 109 Å². The van der Waals surface area contributed by atoms with Gasteiger partial charge < -0.3 is 14.9 Å². The molecule has 1 saturated heterocycles. The van der Waals surface area contributed by atoms with Gasteiger partial charge in [-0.05, 0) is 0 Å². The number of nitrogens with one attached hydrogen (secondary N) is 1. The van der Waals surface area contributed by atoms with Crippen LogP contribution in [0.5, 0.6) is 0 Å². The Kier molecular flexibility index (Phi) is 3.29. The van der Waals surface area contributed by atoms with Crippen molar-refractivity contribution in [2.75, 3.05) is 6.61 Å². The molecular weight excluding hydrogens is 242 g/mol. The van der Waals surface area contributed by atoms with Gasteiger partial charge in [-0.1, -0.05) is 0 Å². The molecule has 0 saturated carbocycles. The lowest BCUT2D eigenvalue weighted by Gasteiger charge is -2.17. The summed E-state index contributed by atoms with van der Waals surface area (Å²) < 4.78 is 6.22. The second-order valence-electron chi connectivity index (χ2n) is 3.93. The summed E-state index contributed by atoms with van der Waals surface area (Å²) in [6.07, 6.45) is -1.33. The zero-order valence-corrected chi connectivity index (χ0v) is 9.24. The Morgan fingerprint density at radius 3 is 2.89 bits per heavy atom. The Morgan fingerprint density at radius 2 is 2.33 bits per heavy atom. The Hall–Kier alpha value is -1.95.